The van der Waals surface area contributed by atoms with E-state index in [0.717, 1.165) is 5.56 Å². The maximum atomic E-state index is 9.15. The predicted octanol–water partition coefficient (Wildman–Crippen LogP) is 1.57. The van der Waals surface area contributed by atoms with E-state index in [0.29, 0.717) is 30.3 Å². The third-order valence-electron chi connectivity index (χ3n) is 2.47. The minimum atomic E-state index is 0.254. The van der Waals surface area contributed by atoms with Gasteiger partial charge in [-0.2, -0.15) is 0 Å². The Balaban J connectivity index is 1.90. The monoisotopic (exact) mass is 245 g/mol. The second-order valence-electron chi connectivity index (χ2n) is 3.93. The fourth-order valence-electron chi connectivity index (χ4n) is 1.54. The number of hydrogen-bond donors (Lipinski definition) is 3. The van der Waals surface area contributed by atoms with Gasteiger partial charge >= 0.3 is 0 Å². The summed E-state index contributed by atoms with van der Waals surface area (Å²) in [7, 11) is 0. The number of phenols is 1. The molecule has 0 aliphatic carbocycles. The number of ether oxygens (including phenoxy) is 1. The standard InChI is InChI=1S/C13H15N3O2/c14-10-7-12(15)13(16-8-10)18-6-5-9-1-3-11(17)4-2-9/h1-4,7-8,17H,5-6,14-15H2. The van der Waals surface area contributed by atoms with Gasteiger partial charge in [0.1, 0.15) is 5.75 Å². The van der Waals surface area contributed by atoms with Crippen molar-refractivity contribution in [1.29, 1.82) is 0 Å². The lowest BCUT2D eigenvalue weighted by Gasteiger charge is -2.08. The van der Waals surface area contributed by atoms with Gasteiger partial charge in [0.15, 0.2) is 0 Å². The molecule has 0 spiro atoms. The Labute approximate surface area is 105 Å². The van der Waals surface area contributed by atoms with Crippen LogP contribution in [0.1, 0.15) is 5.56 Å². The van der Waals surface area contributed by atoms with Crippen LogP contribution in [0.5, 0.6) is 11.6 Å². The van der Waals surface area contributed by atoms with Crippen molar-refractivity contribution < 1.29 is 9.84 Å². The smallest absolute Gasteiger partial charge is 0.237 e. The fraction of sp³-hybridized carbons (Fsp3) is 0.154. The lowest BCUT2D eigenvalue weighted by atomic mass is 10.1. The number of nitrogens with two attached hydrogens (primary N) is 2. The number of aromatic nitrogens is 1. The average molecular weight is 245 g/mol. The minimum Gasteiger partial charge on any atom is -0.508 e. The summed E-state index contributed by atoms with van der Waals surface area (Å²) in [6.45, 7) is 0.464. The van der Waals surface area contributed by atoms with Crippen LogP contribution < -0.4 is 16.2 Å². The van der Waals surface area contributed by atoms with Crippen molar-refractivity contribution in [2.75, 3.05) is 18.1 Å². The molecule has 0 unspecified atom stereocenters. The first-order chi connectivity index (χ1) is 8.65. The first-order valence-electron chi connectivity index (χ1n) is 5.57. The topological polar surface area (TPSA) is 94.4 Å². The van der Waals surface area contributed by atoms with Crippen LogP contribution in [0.15, 0.2) is 36.5 Å². The molecule has 0 fully saturated rings. The molecule has 18 heavy (non-hydrogen) atoms. The third-order valence-corrected chi connectivity index (χ3v) is 2.47. The molecule has 5 heteroatoms. The van der Waals surface area contributed by atoms with Gasteiger partial charge in [0.25, 0.3) is 0 Å². The molecule has 5 N–H and O–H groups in total. The van der Waals surface area contributed by atoms with Crippen LogP contribution in [-0.2, 0) is 6.42 Å². The highest BCUT2D eigenvalue weighted by atomic mass is 16.5. The Morgan fingerprint density at radius 1 is 1.17 bits per heavy atom. The average Bonchev–Trinajstić information content (AvgIpc) is 2.34. The highest BCUT2D eigenvalue weighted by Crippen LogP contribution is 2.20. The first-order valence-corrected chi connectivity index (χ1v) is 5.57. The van der Waals surface area contributed by atoms with E-state index in [1.807, 2.05) is 12.1 Å². The number of aromatic hydroxyl groups is 1. The molecular weight excluding hydrogens is 230 g/mol. The highest BCUT2D eigenvalue weighted by Gasteiger charge is 2.02. The van der Waals surface area contributed by atoms with Crippen molar-refractivity contribution in [3.8, 4) is 11.6 Å². The predicted molar refractivity (Wildman–Crippen MR) is 70.4 cm³/mol. The molecule has 0 saturated heterocycles. The van der Waals surface area contributed by atoms with Crippen LogP contribution in [0.2, 0.25) is 0 Å². The number of pyridine rings is 1. The number of nitrogen functional groups attached to an aromatic ring is 2. The van der Waals surface area contributed by atoms with Crippen molar-refractivity contribution in [3.63, 3.8) is 0 Å². The Morgan fingerprint density at radius 3 is 2.56 bits per heavy atom. The maximum Gasteiger partial charge on any atom is 0.237 e. The Hall–Kier alpha value is -2.43. The minimum absolute atomic E-state index is 0.254. The summed E-state index contributed by atoms with van der Waals surface area (Å²) in [6, 6.07) is 8.59. The van der Waals surface area contributed by atoms with Crippen LogP contribution in [0, 0.1) is 0 Å². The zero-order chi connectivity index (χ0) is 13.0. The molecule has 0 aliphatic heterocycles. The molecule has 0 amide bonds. The molecular formula is C13H15N3O2. The highest BCUT2D eigenvalue weighted by molar-refractivity contribution is 5.56. The van der Waals surface area contributed by atoms with E-state index >= 15 is 0 Å². The van der Waals surface area contributed by atoms with Crippen LogP contribution in [0.4, 0.5) is 11.4 Å². The zero-order valence-corrected chi connectivity index (χ0v) is 9.84. The van der Waals surface area contributed by atoms with Crippen LogP contribution in [0.3, 0.4) is 0 Å². The Bertz CT molecular complexity index is 526. The summed E-state index contributed by atoms with van der Waals surface area (Å²) in [5.74, 6) is 0.645. The Morgan fingerprint density at radius 2 is 1.89 bits per heavy atom. The van der Waals surface area contributed by atoms with E-state index < -0.39 is 0 Å². The molecule has 0 radical (unpaired) electrons. The molecule has 1 aromatic heterocycles. The Kier molecular flexibility index (Phi) is 3.52. The fourth-order valence-corrected chi connectivity index (χ4v) is 1.54. The molecule has 1 heterocycles. The number of hydrogen-bond acceptors (Lipinski definition) is 5. The van der Waals surface area contributed by atoms with Crippen molar-refractivity contribution in [1.82, 2.24) is 4.98 Å². The lowest BCUT2D eigenvalue weighted by Crippen LogP contribution is -2.05. The van der Waals surface area contributed by atoms with Gasteiger partial charge in [0.2, 0.25) is 5.88 Å². The quantitative estimate of drug-likeness (QED) is 0.760. The molecule has 2 aromatic rings. The summed E-state index contributed by atoms with van der Waals surface area (Å²) in [6.07, 6.45) is 2.22. The number of nitrogens with zero attached hydrogens (tertiary/aromatic N) is 1. The summed E-state index contributed by atoms with van der Waals surface area (Å²) >= 11 is 0. The van der Waals surface area contributed by atoms with E-state index in [1.165, 1.54) is 6.20 Å². The van der Waals surface area contributed by atoms with E-state index in [-0.39, 0.29) is 5.75 Å². The van der Waals surface area contributed by atoms with E-state index in [4.69, 9.17) is 21.3 Å². The van der Waals surface area contributed by atoms with Crippen molar-refractivity contribution in [3.05, 3.63) is 42.1 Å². The van der Waals surface area contributed by atoms with E-state index in [1.54, 1.807) is 18.2 Å². The van der Waals surface area contributed by atoms with Crippen LogP contribution in [-0.4, -0.2) is 16.7 Å². The van der Waals surface area contributed by atoms with Gasteiger partial charge in [0.05, 0.1) is 24.2 Å². The number of benzene rings is 1. The van der Waals surface area contributed by atoms with Crippen molar-refractivity contribution in [2.24, 2.45) is 0 Å². The molecule has 2 rings (SSSR count). The molecule has 94 valence electrons. The lowest BCUT2D eigenvalue weighted by molar-refractivity contribution is 0.311. The first kappa shape index (κ1) is 12.0. The van der Waals surface area contributed by atoms with Gasteiger partial charge in [-0.1, -0.05) is 12.1 Å². The van der Waals surface area contributed by atoms with E-state index in [9.17, 15) is 0 Å². The zero-order valence-electron chi connectivity index (χ0n) is 9.84. The second kappa shape index (κ2) is 5.27. The molecule has 5 nitrogen and oxygen atoms in total. The van der Waals surface area contributed by atoms with Crippen molar-refractivity contribution >= 4 is 11.4 Å². The number of anilines is 2. The molecule has 1 aromatic carbocycles. The SMILES string of the molecule is Nc1cnc(OCCc2ccc(O)cc2)c(N)c1. The molecule has 0 aliphatic rings. The van der Waals surface area contributed by atoms with Gasteiger partial charge in [0, 0.05) is 6.42 Å². The van der Waals surface area contributed by atoms with Gasteiger partial charge in [-0.05, 0) is 23.8 Å². The summed E-state index contributed by atoms with van der Waals surface area (Å²) in [4.78, 5) is 4.01. The number of rotatable bonds is 4. The summed E-state index contributed by atoms with van der Waals surface area (Å²) in [5.41, 5.74) is 13.3. The maximum absolute atomic E-state index is 9.15. The van der Waals surface area contributed by atoms with Gasteiger partial charge in [-0.15, -0.1) is 0 Å². The normalized spacial score (nSPS) is 10.2. The molecule has 0 atom stereocenters. The summed E-state index contributed by atoms with van der Waals surface area (Å²) < 4.78 is 5.47. The molecule has 0 bridgehead atoms. The molecule has 0 saturated carbocycles. The number of phenolic OH excluding ortho intramolecular Hbond substituents is 1. The van der Waals surface area contributed by atoms with Gasteiger partial charge in [-0.3, -0.25) is 0 Å². The van der Waals surface area contributed by atoms with Crippen molar-refractivity contribution in [2.45, 2.75) is 6.42 Å². The largest absolute Gasteiger partial charge is 0.508 e. The van der Waals surface area contributed by atoms with E-state index in [2.05, 4.69) is 4.98 Å². The van der Waals surface area contributed by atoms with Gasteiger partial charge in [-0.25, -0.2) is 4.98 Å². The summed E-state index contributed by atoms with van der Waals surface area (Å²) in [5, 5.41) is 9.15. The van der Waals surface area contributed by atoms with Gasteiger partial charge < -0.3 is 21.3 Å². The third kappa shape index (κ3) is 3.04. The van der Waals surface area contributed by atoms with Crippen LogP contribution in [0.25, 0.3) is 0 Å². The van der Waals surface area contributed by atoms with Crippen LogP contribution >= 0.6 is 0 Å². The second-order valence-corrected chi connectivity index (χ2v) is 3.93.